The zero-order valence-corrected chi connectivity index (χ0v) is 15.9. The van der Waals surface area contributed by atoms with Gasteiger partial charge in [-0.25, -0.2) is 9.50 Å². The van der Waals surface area contributed by atoms with E-state index in [1.165, 1.54) is 0 Å². The summed E-state index contributed by atoms with van der Waals surface area (Å²) in [5, 5.41) is 12.1. The first-order valence-electron chi connectivity index (χ1n) is 8.87. The molecule has 3 aromatic rings. The second-order valence-electron chi connectivity index (χ2n) is 6.77. The number of amides is 1. The van der Waals surface area contributed by atoms with E-state index in [1.54, 1.807) is 0 Å². The van der Waals surface area contributed by atoms with Crippen LogP contribution in [0.2, 0.25) is 0 Å². The van der Waals surface area contributed by atoms with Crippen molar-refractivity contribution in [1.29, 1.82) is 0 Å². The summed E-state index contributed by atoms with van der Waals surface area (Å²) >= 11 is 0. The van der Waals surface area contributed by atoms with Crippen molar-refractivity contribution < 1.29 is 4.79 Å². The molecule has 1 unspecified atom stereocenters. The van der Waals surface area contributed by atoms with Crippen molar-refractivity contribution in [1.82, 2.24) is 25.2 Å². The van der Waals surface area contributed by atoms with E-state index in [0.717, 1.165) is 53.0 Å². The van der Waals surface area contributed by atoms with E-state index in [2.05, 4.69) is 22.7 Å². The van der Waals surface area contributed by atoms with Crippen molar-refractivity contribution in [2.75, 3.05) is 13.1 Å². The number of carbonyl (C=O) groups excluding carboxylic acids is 1. The Morgan fingerprint density at radius 2 is 2.15 bits per heavy atom. The summed E-state index contributed by atoms with van der Waals surface area (Å²) in [6.07, 6.45) is 2.17. The van der Waals surface area contributed by atoms with Gasteiger partial charge in [0, 0.05) is 35.8 Å². The number of rotatable bonds is 4. The highest BCUT2D eigenvalue weighted by atomic mass is 35.5. The zero-order valence-electron chi connectivity index (χ0n) is 15.1. The molecule has 1 aliphatic rings. The molecule has 6 nitrogen and oxygen atoms in total. The molecule has 0 spiro atoms. The standard InChI is InChI=1S/C19H23N5O.ClH/c1-12-15(7-8-18(25)22-14-9-10-20-11-14)13(2)24-19(21-12)16-5-3-4-6-17(16)23-24;/h3-6,14,20H,7-11H2,1-2H3,(H,22,25);1H. The minimum Gasteiger partial charge on any atom is -0.352 e. The number of hydrogen-bond acceptors (Lipinski definition) is 4. The molecule has 3 heterocycles. The van der Waals surface area contributed by atoms with Crippen LogP contribution >= 0.6 is 12.4 Å². The van der Waals surface area contributed by atoms with E-state index < -0.39 is 0 Å². The fraction of sp³-hybridized carbons (Fsp3) is 0.421. The second-order valence-corrected chi connectivity index (χ2v) is 6.77. The van der Waals surface area contributed by atoms with Crippen LogP contribution in [0.4, 0.5) is 0 Å². The highest BCUT2D eigenvalue weighted by molar-refractivity contribution is 5.92. The molecule has 138 valence electrons. The van der Waals surface area contributed by atoms with Crippen LogP contribution in [0, 0.1) is 13.8 Å². The van der Waals surface area contributed by atoms with Crippen LogP contribution in [0.15, 0.2) is 24.3 Å². The first-order chi connectivity index (χ1) is 12.1. The second kappa shape index (κ2) is 7.60. The summed E-state index contributed by atoms with van der Waals surface area (Å²) < 4.78 is 1.91. The van der Waals surface area contributed by atoms with Crippen LogP contribution in [0.1, 0.15) is 29.8 Å². The van der Waals surface area contributed by atoms with Gasteiger partial charge in [0.15, 0.2) is 5.65 Å². The number of fused-ring (bicyclic) bond motifs is 3. The van der Waals surface area contributed by atoms with Crippen LogP contribution in [0.25, 0.3) is 16.6 Å². The third-order valence-electron chi connectivity index (χ3n) is 5.05. The number of nitrogens with zero attached hydrogens (tertiary/aromatic N) is 3. The van der Waals surface area contributed by atoms with Crippen molar-refractivity contribution in [3.8, 4) is 0 Å². The van der Waals surface area contributed by atoms with Gasteiger partial charge in [-0.15, -0.1) is 12.4 Å². The molecule has 1 amide bonds. The summed E-state index contributed by atoms with van der Waals surface area (Å²) in [6.45, 7) is 5.93. The minimum atomic E-state index is 0. The molecular weight excluding hydrogens is 350 g/mol. The third kappa shape index (κ3) is 3.39. The maximum atomic E-state index is 12.2. The molecule has 2 aromatic heterocycles. The largest absolute Gasteiger partial charge is 0.352 e. The molecule has 2 N–H and O–H groups in total. The van der Waals surface area contributed by atoms with Gasteiger partial charge in [0.25, 0.3) is 0 Å². The molecule has 4 rings (SSSR count). The lowest BCUT2D eigenvalue weighted by atomic mass is 10.1. The fourth-order valence-electron chi connectivity index (χ4n) is 3.65. The smallest absolute Gasteiger partial charge is 0.220 e. The van der Waals surface area contributed by atoms with Crippen molar-refractivity contribution >= 4 is 34.9 Å². The van der Waals surface area contributed by atoms with Gasteiger partial charge in [-0.1, -0.05) is 12.1 Å². The van der Waals surface area contributed by atoms with Crippen LogP contribution in [0.3, 0.4) is 0 Å². The molecule has 1 saturated heterocycles. The first-order valence-corrected chi connectivity index (χ1v) is 8.87. The Kier molecular flexibility index (Phi) is 5.44. The van der Waals surface area contributed by atoms with Gasteiger partial charge < -0.3 is 10.6 Å². The van der Waals surface area contributed by atoms with Crippen LogP contribution in [-0.4, -0.2) is 39.6 Å². The molecule has 0 saturated carbocycles. The number of hydrogen-bond donors (Lipinski definition) is 2. The Morgan fingerprint density at radius 1 is 1.35 bits per heavy atom. The number of benzene rings is 1. The number of carbonyl (C=O) groups is 1. The molecular formula is C19H24ClN5O. The van der Waals surface area contributed by atoms with E-state index in [1.807, 2.05) is 35.7 Å². The SMILES string of the molecule is Cc1nc2c3ccccc3nn2c(C)c1CCC(=O)NC1CCNC1.Cl. The van der Waals surface area contributed by atoms with Gasteiger partial charge in [-0.2, -0.15) is 5.10 Å². The number of halogens is 1. The van der Waals surface area contributed by atoms with E-state index in [4.69, 9.17) is 4.98 Å². The number of aryl methyl sites for hydroxylation is 2. The minimum absolute atomic E-state index is 0. The Morgan fingerprint density at radius 3 is 2.92 bits per heavy atom. The molecule has 1 aliphatic heterocycles. The molecule has 0 aliphatic carbocycles. The topological polar surface area (TPSA) is 71.3 Å². The van der Waals surface area contributed by atoms with Gasteiger partial charge in [-0.05, 0) is 50.9 Å². The molecule has 1 fully saturated rings. The number of aromatic nitrogens is 3. The molecule has 7 heteroatoms. The van der Waals surface area contributed by atoms with E-state index >= 15 is 0 Å². The van der Waals surface area contributed by atoms with Crippen LogP contribution in [-0.2, 0) is 11.2 Å². The maximum Gasteiger partial charge on any atom is 0.220 e. The van der Waals surface area contributed by atoms with Crippen LogP contribution in [0.5, 0.6) is 0 Å². The molecule has 0 bridgehead atoms. The van der Waals surface area contributed by atoms with Crippen LogP contribution < -0.4 is 10.6 Å². The van der Waals surface area contributed by atoms with E-state index in [-0.39, 0.29) is 24.4 Å². The van der Waals surface area contributed by atoms with Gasteiger partial charge in [0.05, 0.1) is 5.52 Å². The Bertz CT molecular complexity index is 946. The third-order valence-corrected chi connectivity index (χ3v) is 5.05. The quantitative estimate of drug-likeness (QED) is 0.736. The Hall–Kier alpha value is -2.18. The van der Waals surface area contributed by atoms with Gasteiger partial charge in [0.2, 0.25) is 5.91 Å². The molecule has 26 heavy (non-hydrogen) atoms. The molecule has 1 atom stereocenters. The fourth-order valence-corrected chi connectivity index (χ4v) is 3.65. The summed E-state index contributed by atoms with van der Waals surface area (Å²) in [5.74, 6) is 0.109. The molecule has 1 aromatic carbocycles. The first kappa shape index (κ1) is 18.6. The lowest BCUT2D eigenvalue weighted by molar-refractivity contribution is -0.121. The van der Waals surface area contributed by atoms with Crippen molar-refractivity contribution in [3.63, 3.8) is 0 Å². The highest BCUT2D eigenvalue weighted by Crippen LogP contribution is 2.22. The predicted molar refractivity (Wildman–Crippen MR) is 105 cm³/mol. The lowest BCUT2D eigenvalue weighted by Crippen LogP contribution is -2.36. The summed E-state index contributed by atoms with van der Waals surface area (Å²) in [5.41, 5.74) is 4.98. The van der Waals surface area contributed by atoms with Gasteiger partial charge in [-0.3, -0.25) is 4.79 Å². The normalized spacial score (nSPS) is 16.8. The van der Waals surface area contributed by atoms with Crippen molar-refractivity contribution in [2.24, 2.45) is 0 Å². The summed E-state index contributed by atoms with van der Waals surface area (Å²) in [7, 11) is 0. The summed E-state index contributed by atoms with van der Waals surface area (Å²) in [6, 6.07) is 8.31. The van der Waals surface area contributed by atoms with E-state index in [9.17, 15) is 4.79 Å². The van der Waals surface area contributed by atoms with Crippen molar-refractivity contribution in [2.45, 2.75) is 39.2 Å². The Labute approximate surface area is 158 Å². The van der Waals surface area contributed by atoms with E-state index in [0.29, 0.717) is 12.8 Å². The van der Waals surface area contributed by atoms with Gasteiger partial charge in [0.1, 0.15) is 0 Å². The highest BCUT2D eigenvalue weighted by Gasteiger charge is 2.18. The zero-order chi connectivity index (χ0) is 17.4. The lowest BCUT2D eigenvalue weighted by Gasteiger charge is -2.13. The Balaban J connectivity index is 0.00000196. The average molecular weight is 374 g/mol. The van der Waals surface area contributed by atoms with Gasteiger partial charge >= 0.3 is 0 Å². The average Bonchev–Trinajstić information content (AvgIpc) is 3.22. The molecule has 0 radical (unpaired) electrons. The van der Waals surface area contributed by atoms with Crippen molar-refractivity contribution in [3.05, 3.63) is 41.2 Å². The predicted octanol–water partition coefficient (Wildman–Crippen LogP) is 2.33. The number of nitrogens with one attached hydrogen (secondary N) is 2. The monoisotopic (exact) mass is 373 g/mol. The summed E-state index contributed by atoms with van der Waals surface area (Å²) in [4.78, 5) is 17.0. The maximum absolute atomic E-state index is 12.2.